The maximum atomic E-state index is 6.06. The van der Waals surface area contributed by atoms with Crippen LogP contribution in [0.15, 0.2) is 48.8 Å². The van der Waals surface area contributed by atoms with Crippen molar-refractivity contribution in [3.8, 4) is 28.6 Å². The summed E-state index contributed by atoms with van der Waals surface area (Å²) in [6, 6.07) is 12.4. The third kappa shape index (κ3) is 3.99. The van der Waals surface area contributed by atoms with Gasteiger partial charge in [-0.25, -0.2) is 4.68 Å². The molecule has 0 aliphatic carbocycles. The summed E-state index contributed by atoms with van der Waals surface area (Å²) in [5, 5.41) is 16.4. The van der Waals surface area contributed by atoms with Crippen molar-refractivity contribution in [3.05, 3.63) is 48.8 Å². The number of nitrogens with zero attached hydrogens (tertiary/aromatic N) is 4. The first-order valence-corrected chi connectivity index (χ1v) is 9.57. The van der Waals surface area contributed by atoms with E-state index in [0.29, 0.717) is 18.0 Å². The number of hydrogen-bond acceptors (Lipinski definition) is 6. The van der Waals surface area contributed by atoms with E-state index in [1.165, 1.54) is 0 Å². The lowest BCUT2D eigenvalue weighted by atomic mass is 9.98. The fraction of sp³-hybridized carbons (Fsp3) is 0.381. The van der Waals surface area contributed by atoms with Gasteiger partial charge in [-0.3, -0.25) is 0 Å². The van der Waals surface area contributed by atoms with Gasteiger partial charge in [0.1, 0.15) is 11.9 Å². The predicted molar refractivity (Wildman–Crippen MR) is 107 cm³/mol. The molecule has 1 saturated heterocycles. The average molecular weight is 379 g/mol. The van der Waals surface area contributed by atoms with Crippen LogP contribution in [0.4, 0.5) is 0 Å². The molecule has 1 N–H and O–H groups in total. The number of benzene rings is 1. The highest BCUT2D eigenvalue weighted by Gasteiger charge is 2.25. The number of hydrogen-bond donors (Lipinski definition) is 1. The minimum Gasteiger partial charge on any atom is -0.496 e. The van der Waals surface area contributed by atoms with Crippen LogP contribution in [0.3, 0.4) is 0 Å². The molecule has 1 aromatic carbocycles. The maximum Gasteiger partial charge on any atom is 0.233 e. The van der Waals surface area contributed by atoms with E-state index in [4.69, 9.17) is 9.47 Å². The highest BCUT2D eigenvalue weighted by Crippen LogP contribution is 2.31. The second-order valence-electron chi connectivity index (χ2n) is 7.27. The standard InChI is InChI=1S/C21H25N5O2/c1-14-11-17(12-15(2)23-14)28-21-8-7-19(24-25-21)18-6-5-16(13-20(18)27-3)26-10-4-9-22-26/h4-10,13-15,17,23H,11-12H2,1-3H3/t14-,15+,17?. The number of aromatic nitrogens is 4. The third-order valence-corrected chi connectivity index (χ3v) is 4.96. The van der Waals surface area contributed by atoms with Gasteiger partial charge in [-0.1, -0.05) is 0 Å². The van der Waals surface area contributed by atoms with Crippen LogP contribution in [0.2, 0.25) is 0 Å². The summed E-state index contributed by atoms with van der Waals surface area (Å²) in [5.74, 6) is 1.28. The molecule has 0 spiro atoms. The molecule has 3 heterocycles. The molecular formula is C21H25N5O2. The summed E-state index contributed by atoms with van der Waals surface area (Å²) in [4.78, 5) is 0. The fourth-order valence-corrected chi connectivity index (χ4v) is 3.76. The van der Waals surface area contributed by atoms with Gasteiger partial charge >= 0.3 is 0 Å². The number of piperidine rings is 1. The minimum atomic E-state index is 0.161. The van der Waals surface area contributed by atoms with Crippen molar-refractivity contribution in [2.45, 2.75) is 44.9 Å². The zero-order valence-electron chi connectivity index (χ0n) is 16.4. The van der Waals surface area contributed by atoms with Gasteiger partial charge in [0.2, 0.25) is 5.88 Å². The van der Waals surface area contributed by atoms with Gasteiger partial charge < -0.3 is 14.8 Å². The molecule has 0 amide bonds. The van der Waals surface area contributed by atoms with Crippen LogP contribution >= 0.6 is 0 Å². The molecule has 0 bridgehead atoms. The van der Waals surface area contributed by atoms with E-state index in [0.717, 1.165) is 35.5 Å². The van der Waals surface area contributed by atoms with Crippen LogP contribution in [0.25, 0.3) is 16.9 Å². The van der Waals surface area contributed by atoms with Gasteiger partial charge in [-0.15, -0.1) is 10.2 Å². The second kappa shape index (κ2) is 7.98. The topological polar surface area (TPSA) is 74.1 Å². The van der Waals surface area contributed by atoms with Crippen LogP contribution in [0.5, 0.6) is 11.6 Å². The Morgan fingerprint density at radius 1 is 1.07 bits per heavy atom. The van der Waals surface area contributed by atoms with Gasteiger partial charge in [-0.2, -0.15) is 5.10 Å². The first-order valence-electron chi connectivity index (χ1n) is 9.57. The number of methoxy groups -OCH3 is 1. The Bertz CT molecular complexity index is 901. The zero-order chi connectivity index (χ0) is 19.5. The maximum absolute atomic E-state index is 6.06. The molecule has 3 atom stereocenters. The Hall–Kier alpha value is -2.93. The molecule has 1 aliphatic rings. The fourth-order valence-electron chi connectivity index (χ4n) is 3.76. The highest BCUT2D eigenvalue weighted by atomic mass is 16.5. The quantitative estimate of drug-likeness (QED) is 0.734. The van der Waals surface area contributed by atoms with Crippen molar-refractivity contribution in [1.29, 1.82) is 0 Å². The summed E-state index contributed by atoms with van der Waals surface area (Å²) < 4.78 is 13.4. The van der Waals surface area contributed by atoms with Crippen LogP contribution in [0.1, 0.15) is 26.7 Å². The van der Waals surface area contributed by atoms with E-state index >= 15 is 0 Å². The predicted octanol–water partition coefficient (Wildman–Crippen LogP) is 3.25. The van der Waals surface area contributed by atoms with Crippen LogP contribution in [-0.2, 0) is 0 Å². The molecule has 2 aromatic heterocycles. The van der Waals surface area contributed by atoms with E-state index in [2.05, 4.69) is 34.5 Å². The summed E-state index contributed by atoms with van der Waals surface area (Å²) in [6.45, 7) is 4.36. The largest absolute Gasteiger partial charge is 0.496 e. The summed E-state index contributed by atoms with van der Waals surface area (Å²) >= 11 is 0. The number of ether oxygens (including phenoxy) is 2. The van der Waals surface area contributed by atoms with Crippen LogP contribution in [-0.4, -0.2) is 45.3 Å². The molecule has 28 heavy (non-hydrogen) atoms. The Morgan fingerprint density at radius 2 is 1.89 bits per heavy atom. The van der Waals surface area contributed by atoms with Crippen molar-refractivity contribution >= 4 is 0 Å². The van der Waals surface area contributed by atoms with Crippen LogP contribution < -0.4 is 14.8 Å². The molecule has 1 fully saturated rings. The van der Waals surface area contributed by atoms with E-state index in [9.17, 15) is 0 Å². The molecule has 7 heteroatoms. The van der Waals surface area contributed by atoms with Crippen molar-refractivity contribution in [2.24, 2.45) is 0 Å². The lowest BCUT2D eigenvalue weighted by molar-refractivity contribution is 0.117. The van der Waals surface area contributed by atoms with Crippen LogP contribution in [0, 0.1) is 0 Å². The van der Waals surface area contributed by atoms with E-state index < -0.39 is 0 Å². The first-order chi connectivity index (χ1) is 13.6. The lowest BCUT2D eigenvalue weighted by Gasteiger charge is -2.32. The Labute approximate surface area is 164 Å². The summed E-state index contributed by atoms with van der Waals surface area (Å²) in [6.07, 6.45) is 5.74. The molecule has 0 radical (unpaired) electrons. The van der Waals surface area contributed by atoms with Crippen molar-refractivity contribution in [2.75, 3.05) is 7.11 Å². The molecule has 1 aliphatic heterocycles. The Balaban J connectivity index is 1.52. The number of rotatable bonds is 5. The highest BCUT2D eigenvalue weighted by molar-refractivity contribution is 5.69. The monoisotopic (exact) mass is 379 g/mol. The molecule has 4 rings (SSSR count). The van der Waals surface area contributed by atoms with Gasteiger partial charge in [0.05, 0.1) is 18.5 Å². The second-order valence-corrected chi connectivity index (χ2v) is 7.27. The van der Waals surface area contributed by atoms with Crippen molar-refractivity contribution in [1.82, 2.24) is 25.3 Å². The molecular weight excluding hydrogens is 354 g/mol. The molecule has 1 unspecified atom stereocenters. The number of nitrogens with one attached hydrogen (secondary N) is 1. The van der Waals surface area contributed by atoms with Crippen molar-refractivity contribution < 1.29 is 9.47 Å². The smallest absolute Gasteiger partial charge is 0.233 e. The van der Waals surface area contributed by atoms with E-state index in [1.807, 2.05) is 42.6 Å². The van der Waals surface area contributed by atoms with E-state index in [1.54, 1.807) is 18.0 Å². The zero-order valence-corrected chi connectivity index (χ0v) is 16.4. The van der Waals surface area contributed by atoms with Gasteiger partial charge in [0.25, 0.3) is 0 Å². The third-order valence-electron chi connectivity index (χ3n) is 4.96. The minimum absolute atomic E-state index is 0.161. The van der Waals surface area contributed by atoms with Gasteiger partial charge in [-0.05, 0) is 51.0 Å². The summed E-state index contributed by atoms with van der Waals surface area (Å²) in [7, 11) is 1.65. The molecule has 146 valence electrons. The SMILES string of the molecule is COc1cc(-n2cccn2)ccc1-c1ccc(OC2C[C@@H](C)N[C@@H](C)C2)nn1. The summed E-state index contributed by atoms with van der Waals surface area (Å²) in [5.41, 5.74) is 2.54. The molecule has 0 saturated carbocycles. The van der Waals surface area contributed by atoms with E-state index in [-0.39, 0.29) is 6.10 Å². The van der Waals surface area contributed by atoms with Crippen molar-refractivity contribution in [3.63, 3.8) is 0 Å². The molecule has 3 aromatic rings. The van der Waals surface area contributed by atoms with Gasteiger partial charge in [0, 0.05) is 42.2 Å². The lowest BCUT2D eigenvalue weighted by Crippen LogP contribution is -2.46. The van der Waals surface area contributed by atoms with Gasteiger partial charge in [0.15, 0.2) is 0 Å². The Morgan fingerprint density at radius 3 is 2.54 bits per heavy atom. The first kappa shape index (κ1) is 18.4. The normalized spacial score (nSPS) is 22.0. The average Bonchev–Trinajstić information content (AvgIpc) is 3.22. The Kier molecular flexibility index (Phi) is 5.25. The molecule has 7 nitrogen and oxygen atoms in total.